The number of ether oxygens (including phenoxy) is 1. The molecule has 114 valence electrons. The van der Waals surface area contributed by atoms with E-state index in [1.165, 1.54) is 12.1 Å². The number of nitrogens with zero attached hydrogens (tertiary/aromatic N) is 1. The van der Waals surface area contributed by atoms with Crippen LogP contribution in [-0.2, 0) is 15.1 Å². The van der Waals surface area contributed by atoms with Crippen molar-refractivity contribution >= 4 is 24.3 Å². The van der Waals surface area contributed by atoms with E-state index >= 15 is 0 Å². The summed E-state index contributed by atoms with van der Waals surface area (Å²) in [6.45, 7) is 1.48. The van der Waals surface area contributed by atoms with E-state index in [1.807, 2.05) is 0 Å². The Bertz CT molecular complexity index is 512. The van der Waals surface area contributed by atoms with Crippen LogP contribution in [0.5, 0.6) is 0 Å². The lowest BCUT2D eigenvalue weighted by Gasteiger charge is -2.37. The quantitative estimate of drug-likeness (QED) is 0.376. The SMILES string of the molecule is O=C(CCS)OC1(c2ccc([N+](=O)[O-])cc2)CCNCC1. The topological polar surface area (TPSA) is 81.5 Å². The fourth-order valence-corrected chi connectivity index (χ4v) is 2.71. The van der Waals surface area contributed by atoms with E-state index in [0.717, 1.165) is 18.7 Å². The second-order valence-electron chi connectivity index (χ2n) is 5.00. The van der Waals surface area contributed by atoms with Gasteiger partial charge in [0.1, 0.15) is 5.60 Å². The molecular weight excluding hydrogens is 292 g/mol. The van der Waals surface area contributed by atoms with Crippen molar-refractivity contribution in [3.8, 4) is 0 Å². The van der Waals surface area contributed by atoms with Crippen molar-refractivity contribution in [3.05, 3.63) is 39.9 Å². The summed E-state index contributed by atoms with van der Waals surface area (Å²) in [5.41, 5.74) is 0.145. The predicted octanol–water partition coefficient (Wildman–Crippen LogP) is 2.04. The number of carbonyl (C=O) groups is 1. The summed E-state index contributed by atoms with van der Waals surface area (Å²) < 4.78 is 5.71. The van der Waals surface area contributed by atoms with Crippen molar-refractivity contribution in [1.82, 2.24) is 5.32 Å². The van der Waals surface area contributed by atoms with E-state index in [9.17, 15) is 14.9 Å². The molecule has 0 radical (unpaired) electrons. The Morgan fingerprint density at radius 1 is 1.33 bits per heavy atom. The fraction of sp³-hybridized carbons (Fsp3) is 0.500. The van der Waals surface area contributed by atoms with Crippen LogP contribution in [0, 0.1) is 10.1 Å². The third-order valence-electron chi connectivity index (χ3n) is 3.64. The zero-order valence-electron chi connectivity index (χ0n) is 11.6. The van der Waals surface area contributed by atoms with Crippen LogP contribution in [0.1, 0.15) is 24.8 Å². The maximum atomic E-state index is 11.9. The number of carbonyl (C=O) groups excluding carboxylic acids is 1. The van der Waals surface area contributed by atoms with Gasteiger partial charge in [-0.15, -0.1) is 0 Å². The van der Waals surface area contributed by atoms with E-state index in [2.05, 4.69) is 17.9 Å². The minimum atomic E-state index is -0.694. The molecular formula is C14H18N2O4S. The molecule has 0 bridgehead atoms. The highest BCUT2D eigenvalue weighted by Gasteiger charge is 2.37. The molecule has 1 fully saturated rings. The van der Waals surface area contributed by atoms with Crippen molar-refractivity contribution < 1.29 is 14.5 Å². The molecule has 6 nitrogen and oxygen atoms in total. The number of nitro groups is 1. The highest BCUT2D eigenvalue weighted by atomic mass is 32.1. The largest absolute Gasteiger partial charge is 0.454 e. The Balaban J connectivity index is 2.26. The number of hydrogen-bond acceptors (Lipinski definition) is 6. The van der Waals surface area contributed by atoms with Crippen LogP contribution < -0.4 is 5.32 Å². The van der Waals surface area contributed by atoms with Crippen LogP contribution in [0.4, 0.5) is 5.69 Å². The van der Waals surface area contributed by atoms with E-state index in [-0.39, 0.29) is 18.1 Å². The number of non-ortho nitro benzene ring substituents is 1. The first-order valence-corrected chi connectivity index (χ1v) is 7.49. The summed E-state index contributed by atoms with van der Waals surface area (Å²) in [5, 5.41) is 14.0. The smallest absolute Gasteiger partial charge is 0.307 e. The average molecular weight is 310 g/mol. The van der Waals surface area contributed by atoms with Crippen molar-refractivity contribution in [2.24, 2.45) is 0 Å². The molecule has 0 aliphatic carbocycles. The second kappa shape index (κ2) is 6.91. The van der Waals surface area contributed by atoms with E-state index in [1.54, 1.807) is 12.1 Å². The molecule has 0 unspecified atom stereocenters. The molecule has 21 heavy (non-hydrogen) atoms. The first kappa shape index (κ1) is 15.8. The molecule has 2 rings (SSSR count). The predicted molar refractivity (Wildman–Crippen MR) is 81.4 cm³/mol. The number of esters is 1. The molecule has 0 spiro atoms. The Labute approximate surface area is 128 Å². The van der Waals surface area contributed by atoms with Gasteiger partial charge >= 0.3 is 5.97 Å². The molecule has 1 aliphatic rings. The summed E-state index contributed by atoms with van der Waals surface area (Å²) in [6, 6.07) is 6.26. The van der Waals surface area contributed by atoms with E-state index < -0.39 is 10.5 Å². The molecule has 0 atom stereocenters. The molecule has 1 aromatic carbocycles. The van der Waals surface area contributed by atoms with Gasteiger partial charge in [0.05, 0.1) is 11.3 Å². The van der Waals surface area contributed by atoms with Gasteiger partial charge in [-0.2, -0.15) is 12.6 Å². The molecule has 0 amide bonds. The van der Waals surface area contributed by atoms with Crippen LogP contribution in [0.15, 0.2) is 24.3 Å². The molecule has 1 N–H and O–H groups in total. The standard InChI is InChI=1S/C14H18N2O4S/c17-13(5-10-21)20-14(6-8-15-9-7-14)11-1-3-12(4-2-11)16(18)19/h1-4,15,21H,5-10H2. The summed E-state index contributed by atoms with van der Waals surface area (Å²) in [4.78, 5) is 22.2. The maximum absolute atomic E-state index is 11.9. The molecule has 1 heterocycles. The van der Waals surface area contributed by atoms with Gasteiger partial charge < -0.3 is 10.1 Å². The van der Waals surface area contributed by atoms with Crippen molar-refractivity contribution in [3.63, 3.8) is 0 Å². The van der Waals surface area contributed by atoms with Crippen molar-refractivity contribution in [1.29, 1.82) is 0 Å². The molecule has 0 saturated carbocycles. The van der Waals surface area contributed by atoms with E-state index in [4.69, 9.17) is 4.74 Å². The third kappa shape index (κ3) is 3.74. The van der Waals surface area contributed by atoms with Gasteiger partial charge in [0.25, 0.3) is 5.69 Å². The van der Waals surface area contributed by atoms with Gasteiger partial charge in [0.15, 0.2) is 0 Å². The lowest BCUT2D eigenvalue weighted by atomic mass is 9.84. The molecule has 0 aromatic heterocycles. The highest BCUT2D eigenvalue weighted by molar-refractivity contribution is 7.80. The second-order valence-corrected chi connectivity index (χ2v) is 5.44. The molecule has 1 aromatic rings. The molecule has 1 saturated heterocycles. The van der Waals surface area contributed by atoms with Gasteiger partial charge in [-0.25, -0.2) is 0 Å². The monoisotopic (exact) mass is 310 g/mol. The number of rotatable bonds is 5. The zero-order valence-corrected chi connectivity index (χ0v) is 12.5. The summed E-state index contributed by atoms with van der Waals surface area (Å²) in [5.74, 6) is 0.151. The number of hydrogen-bond donors (Lipinski definition) is 2. The van der Waals surface area contributed by atoms with Crippen LogP contribution in [0.25, 0.3) is 0 Å². The third-order valence-corrected chi connectivity index (χ3v) is 3.86. The van der Waals surface area contributed by atoms with Gasteiger partial charge in [-0.1, -0.05) is 0 Å². The first-order valence-electron chi connectivity index (χ1n) is 6.86. The summed E-state index contributed by atoms with van der Waals surface area (Å²) >= 11 is 4.04. The Kier molecular flexibility index (Phi) is 5.19. The highest BCUT2D eigenvalue weighted by Crippen LogP contribution is 2.36. The average Bonchev–Trinajstić information content (AvgIpc) is 2.48. The fourth-order valence-electron chi connectivity index (χ4n) is 2.53. The Morgan fingerprint density at radius 3 is 2.48 bits per heavy atom. The Morgan fingerprint density at radius 2 is 1.95 bits per heavy atom. The van der Waals surface area contributed by atoms with Crippen LogP contribution >= 0.6 is 12.6 Å². The van der Waals surface area contributed by atoms with Gasteiger partial charge in [0, 0.05) is 30.7 Å². The molecule has 7 heteroatoms. The maximum Gasteiger partial charge on any atom is 0.307 e. The van der Waals surface area contributed by atoms with Crippen LogP contribution in [-0.4, -0.2) is 29.7 Å². The van der Waals surface area contributed by atoms with Crippen molar-refractivity contribution in [2.45, 2.75) is 24.9 Å². The summed E-state index contributed by atoms with van der Waals surface area (Å²) in [7, 11) is 0. The van der Waals surface area contributed by atoms with Gasteiger partial charge in [-0.3, -0.25) is 14.9 Å². The van der Waals surface area contributed by atoms with Crippen LogP contribution in [0.3, 0.4) is 0 Å². The lowest BCUT2D eigenvalue weighted by molar-refractivity contribution is -0.384. The number of nitro benzene ring substituents is 1. The number of thiol groups is 1. The van der Waals surface area contributed by atoms with Gasteiger partial charge in [-0.05, 0) is 30.8 Å². The van der Waals surface area contributed by atoms with Crippen LogP contribution in [0.2, 0.25) is 0 Å². The first-order chi connectivity index (χ1) is 10.1. The minimum Gasteiger partial charge on any atom is -0.454 e. The Hall–Kier alpha value is -1.60. The normalized spacial score (nSPS) is 17.2. The number of piperidine rings is 1. The summed E-state index contributed by atoms with van der Waals surface area (Å²) in [6.07, 6.45) is 1.57. The number of nitrogens with one attached hydrogen (secondary N) is 1. The number of benzene rings is 1. The van der Waals surface area contributed by atoms with E-state index in [0.29, 0.717) is 18.6 Å². The minimum absolute atomic E-state index is 0.0320. The zero-order chi connectivity index (χ0) is 15.3. The van der Waals surface area contributed by atoms with Gasteiger partial charge in [0.2, 0.25) is 0 Å². The molecule has 1 aliphatic heterocycles. The lowest BCUT2D eigenvalue weighted by Crippen LogP contribution is -2.43. The van der Waals surface area contributed by atoms with Crippen molar-refractivity contribution in [2.75, 3.05) is 18.8 Å².